The Hall–Kier alpha value is -3.49. The van der Waals surface area contributed by atoms with Crippen LogP contribution in [0.2, 0.25) is 0 Å². The van der Waals surface area contributed by atoms with Gasteiger partial charge in [-0.1, -0.05) is 77.1 Å². The molecule has 5 atom stereocenters. The average molecular weight is 589 g/mol. The number of amides is 1. The van der Waals surface area contributed by atoms with Crippen molar-refractivity contribution in [3.05, 3.63) is 71.3 Å². The van der Waals surface area contributed by atoms with Gasteiger partial charge < -0.3 is 24.2 Å². The Bertz CT molecular complexity index is 1460. The van der Waals surface area contributed by atoms with Crippen molar-refractivity contribution in [2.45, 2.75) is 90.7 Å². The zero-order valence-electron chi connectivity index (χ0n) is 26.1. The van der Waals surface area contributed by atoms with E-state index < -0.39 is 41.6 Å². The van der Waals surface area contributed by atoms with E-state index in [-0.39, 0.29) is 18.4 Å². The van der Waals surface area contributed by atoms with Gasteiger partial charge in [-0.25, -0.2) is 9.78 Å². The normalized spacial score (nSPS) is 24.4. The summed E-state index contributed by atoms with van der Waals surface area (Å²) in [6.07, 6.45) is 1.04. The van der Waals surface area contributed by atoms with E-state index in [4.69, 9.17) is 19.2 Å². The summed E-state index contributed by atoms with van der Waals surface area (Å²) in [7, 11) is 1.58. The lowest BCUT2D eigenvalue weighted by Crippen LogP contribution is -2.51. The molecule has 8 nitrogen and oxygen atoms in total. The fourth-order valence-electron chi connectivity index (χ4n) is 6.93. The Morgan fingerprint density at radius 3 is 2.47 bits per heavy atom. The minimum Gasteiger partial charge on any atom is -0.481 e. The molecule has 0 aliphatic carbocycles. The van der Waals surface area contributed by atoms with Crippen LogP contribution in [0.25, 0.3) is 10.9 Å². The maximum absolute atomic E-state index is 14.4. The second-order valence-corrected chi connectivity index (χ2v) is 13.1. The third-order valence-corrected chi connectivity index (χ3v) is 8.89. The van der Waals surface area contributed by atoms with Crippen molar-refractivity contribution in [3.8, 4) is 5.88 Å². The number of likely N-dealkylation sites (tertiary alicyclic amines) is 1. The molecule has 3 aromatic rings. The molecule has 0 radical (unpaired) electrons. The Morgan fingerprint density at radius 2 is 1.81 bits per heavy atom. The molecule has 2 fully saturated rings. The summed E-state index contributed by atoms with van der Waals surface area (Å²) in [6.45, 7) is 10.9. The number of aromatic nitrogens is 1. The van der Waals surface area contributed by atoms with E-state index in [0.717, 1.165) is 40.4 Å². The first kappa shape index (κ1) is 31.0. The van der Waals surface area contributed by atoms with Crippen LogP contribution in [-0.4, -0.2) is 58.8 Å². The van der Waals surface area contributed by atoms with Gasteiger partial charge >= 0.3 is 5.97 Å². The van der Waals surface area contributed by atoms with Crippen molar-refractivity contribution < 1.29 is 28.9 Å². The lowest BCUT2D eigenvalue weighted by atomic mass is 9.73. The van der Waals surface area contributed by atoms with Gasteiger partial charge in [-0.2, -0.15) is 0 Å². The molecule has 43 heavy (non-hydrogen) atoms. The van der Waals surface area contributed by atoms with Gasteiger partial charge in [-0.15, -0.1) is 0 Å². The molecular formula is C35H44N2O6. The highest BCUT2D eigenvalue weighted by atomic mass is 16.5. The van der Waals surface area contributed by atoms with E-state index in [1.165, 1.54) is 0 Å². The second kappa shape index (κ2) is 12.6. The highest BCUT2D eigenvalue weighted by Crippen LogP contribution is 2.51. The third-order valence-electron chi connectivity index (χ3n) is 8.89. The summed E-state index contributed by atoms with van der Waals surface area (Å²) in [6, 6.07) is 16.1. The van der Waals surface area contributed by atoms with Gasteiger partial charge in [0.15, 0.2) is 0 Å². The molecule has 0 saturated carbocycles. The van der Waals surface area contributed by atoms with Crippen LogP contribution in [-0.2, 0) is 25.7 Å². The topological polar surface area (TPSA) is 98.2 Å². The zero-order chi connectivity index (χ0) is 30.9. The molecule has 2 saturated heterocycles. The number of methoxy groups -OCH3 is 1. The first-order valence-electron chi connectivity index (χ1n) is 15.3. The van der Waals surface area contributed by atoms with Gasteiger partial charge in [-0.3, -0.25) is 4.79 Å². The van der Waals surface area contributed by atoms with Crippen molar-refractivity contribution in [1.82, 2.24) is 9.88 Å². The maximum Gasteiger partial charge on any atom is 0.326 e. The Kier molecular flexibility index (Phi) is 9.09. The van der Waals surface area contributed by atoms with Crippen molar-refractivity contribution >= 4 is 22.8 Å². The van der Waals surface area contributed by atoms with Gasteiger partial charge in [0.25, 0.3) is 5.91 Å². The number of benzene rings is 2. The first-order valence-corrected chi connectivity index (χ1v) is 15.3. The van der Waals surface area contributed by atoms with E-state index in [1.54, 1.807) is 12.0 Å². The number of nitrogens with zero attached hydrogens (tertiary/aromatic N) is 2. The zero-order valence-corrected chi connectivity index (χ0v) is 26.1. The lowest BCUT2D eigenvalue weighted by Gasteiger charge is -2.35. The highest BCUT2D eigenvalue weighted by molar-refractivity contribution is 5.88. The molecule has 3 heterocycles. The molecule has 0 bridgehead atoms. The number of hydrogen-bond donors (Lipinski definition) is 1. The number of rotatable bonds is 8. The van der Waals surface area contributed by atoms with Crippen LogP contribution >= 0.6 is 0 Å². The average Bonchev–Trinajstić information content (AvgIpc) is 3.35. The monoisotopic (exact) mass is 588 g/mol. The maximum atomic E-state index is 14.4. The van der Waals surface area contributed by atoms with E-state index in [1.807, 2.05) is 69.3 Å². The summed E-state index contributed by atoms with van der Waals surface area (Å²) >= 11 is 0. The van der Waals surface area contributed by atoms with Crippen LogP contribution in [0.1, 0.15) is 82.5 Å². The van der Waals surface area contributed by atoms with Crippen molar-refractivity contribution in [2.75, 3.05) is 13.7 Å². The smallest absolute Gasteiger partial charge is 0.326 e. The van der Waals surface area contributed by atoms with Crippen LogP contribution in [0.4, 0.5) is 0 Å². The molecular weight excluding hydrogens is 544 g/mol. The van der Waals surface area contributed by atoms with Crippen LogP contribution in [0.3, 0.4) is 0 Å². The van der Waals surface area contributed by atoms with E-state index in [9.17, 15) is 14.7 Å². The number of carbonyl (C=O) groups is 2. The SMILES string of the molecule is COc1nc2ccccc2cc1CO[C@H]1[C@H](C(C)(C)C)[C@@H](C(=O)O)N(C(=O)[C@H]2CCCCO2)[C@H]1c1ccccc1C(C)C. The third kappa shape index (κ3) is 6.13. The molecule has 2 aliphatic heterocycles. The number of ether oxygens (including phenoxy) is 3. The molecule has 0 unspecified atom stereocenters. The Morgan fingerprint density at radius 1 is 1.09 bits per heavy atom. The lowest BCUT2D eigenvalue weighted by molar-refractivity contribution is -0.159. The van der Waals surface area contributed by atoms with Gasteiger partial charge in [0.05, 0.1) is 31.4 Å². The largest absolute Gasteiger partial charge is 0.481 e. The van der Waals surface area contributed by atoms with Crippen molar-refractivity contribution in [3.63, 3.8) is 0 Å². The number of pyridine rings is 1. The summed E-state index contributed by atoms with van der Waals surface area (Å²) in [4.78, 5) is 33.9. The number of carboxylic acids is 1. The van der Waals surface area contributed by atoms with Crippen molar-refractivity contribution in [2.24, 2.45) is 11.3 Å². The van der Waals surface area contributed by atoms with Crippen LogP contribution in [0.5, 0.6) is 5.88 Å². The number of hydrogen-bond acceptors (Lipinski definition) is 6. The molecule has 0 spiro atoms. The van der Waals surface area contributed by atoms with Crippen LogP contribution in [0.15, 0.2) is 54.6 Å². The molecule has 2 aromatic carbocycles. The number of fused-ring (bicyclic) bond motifs is 1. The van der Waals surface area contributed by atoms with Gasteiger partial charge in [0.1, 0.15) is 12.1 Å². The first-order chi connectivity index (χ1) is 20.5. The van der Waals surface area contributed by atoms with Gasteiger partial charge in [0, 0.05) is 23.5 Å². The minimum absolute atomic E-state index is 0.146. The Balaban J connectivity index is 1.65. The molecule has 1 amide bonds. The molecule has 1 aromatic heterocycles. The van der Waals surface area contributed by atoms with Crippen LogP contribution in [0, 0.1) is 11.3 Å². The second-order valence-electron chi connectivity index (χ2n) is 13.1. The number of carbonyl (C=O) groups excluding carboxylic acids is 1. The van der Waals surface area contributed by atoms with Crippen molar-refractivity contribution in [1.29, 1.82) is 0 Å². The molecule has 230 valence electrons. The summed E-state index contributed by atoms with van der Waals surface area (Å²) in [5, 5.41) is 11.7. The molecule has 1 N–H and O–H groups in total. The number of para-hydroxylation sites is 1. The predicted molar refractivity (Wildman–Crippen MR) is 165 cm³/mol. The van der Waals surface area contributed by atoms with E-state index in [2.05, 4.69) is 19.9 Å². The fraction of sp³-hybridized carbons (Fsp3) is 0.514. The van der Waals surface area contributed by atoms with E-state index in [0.29, 0.717) is 18.9 Å². The summed E-state index contributed by atoms with van der Waals surface area (Å²) in [5.41, 5.74) is 3.04. The number of carboxylic acid groups (broad SMARTS) is 1. The molecule has 8 heteroatoms. The predicted octanol–water partition coefficient (Wildman–Crippen LogP) is 6.52. The number of aliphatic carboxylic acids is 1. The summed E-state index contributed by atoms with van der Waals surface area (Å²) in [5.74, 6) is -1.21. The highest BCUT2D eigenvalue weighted by Gasteiger charge is 2.59. The molecule has 2 aliphatic rings. The fourth-order valence-corrected chi connectivity index (χ4v) is 6.93. The standard InChI is InChI=1S/C35H44N2O6/c1-21(2)24-14-8-9-15-25(24)29-31(43-20-23-19-22-13-7-10-16-26(22)36-32(23)41-6)28(35(3,4)5)30(34(39)40)37(29)33(38)27-17-11-12-18-42-27/h7-10,13-16,19,21,27-31H,11-12,17-18,20H2,1-6H3,(H,39,40)/t27-,28-,29+,30+,31+/m1/s1. The van der Waals surface area contributed by atoms with E-state index >= 15 is 0 Å². The minimum atomic E-state index is -1.09. The Labute approximate surface area is 254 Å². The van der Waals surface area contributed by atoms with Crippen LogP contribution < -0.4 is 4.74 Å². The van der Waals surface area contributed by atoms with Gasteiger partial charge in [0.2, 0.25) is 5.88 Å². The molecule has 5 rings (SSSR count). The summed E-state index contributed by atoms with van der Waals surface area (Å²) < 4.78 is 18.5. The van der Waals surface area contributed by atoms with Gasteiger partial charge in [-0.05, 0) is 53.9 Å². The quantitative estimate of drug-likeness (QED) is 0.320.